The van der Waals surface area contributed by atoms with Gasteiger partial charge in [-0.05, 0) is 39.0 Å². The van der Waals surface area contributed by atoms with Crippen LogP contribution in [0.2, 0.25) is 0 Å². The Balaban J connectivity index is 2.44. The molecule has 0 aromatic rings. The van der Waals surface area contributed by atoms with Gasteiger partial charge in [-0.3, -0.25) is 0 Å². The second-order valence-corrected chi connectivity index (χ2v) is 5.42. The van der Waals surface area contributed by atoms with Gasteiger partial charge in [0.05, 0.1) is 6.61 Å². The normalized spacial score (nSPS) is 24.4. The summed E-state index contributed by atoms with van der Waals surface area (Å²) in [5.41, 5.74) is 0.276. The Morgan fingerprint density at radius 3 is 2.60 bits per heavy atom. The van der Waals surface area contributed by atoms with Crippen LogP contribution in [0, 0.1) is 5.92 Å². The van der Waals surface area contributed by atoms with Crippen LogP contribution in [-0.4, -0.2) is 24.8 Å². The van der Waals surface area contributed by atoms with Crippen molar-refractivity contribution >= 4 is 0 Å². The molecule has 1 saturated heterocycles. The zero-order valence-electron chi connectivity index (χ0n) is 10.8. The molecule has 2 nitrogen and oxygen atoms in total. The molecule has 0 aromatic carbocycles. The molecule has 1 aliphatic heterocycles. The Labute approximate surface area is 94.8 Å². The predicted molar refractivity (Wildman–Crippen MR) is 65.1 cm³/mol. The van der Waals surface area contributed by atoms with Crippen LogP contribution in [0.1, 0.15) is 53.4 Å². The highest BCUT2D eigenvalue weighted by molar-refractivity contribution is 4.86. The Hall–Kier alpha value is -0.0800. The Bertz CT molecular complexity index is 173. The Morgan fingerprint density at radius 2 is 2.13 bits per heavy atom. The van der Waals surface area contributed by atoms with Crippen LogP contribution >= 0.6 is 0 Å². The fourth-order valence-corrected chi connectivity index (χ4v) is 2.62. The van der Waals surface area contributed by atoms with Crippen LogP contribution < -0.4 is 5.32 Å². The molecule has 2 atom stereocenters. The lowest BCUT2D eigenvalue weighted by Gasteiger charge is -2.34. The van der Waals surface area contributed by atoms with Crippen molar-refractivity contribution in [2.24, 2.45) is 5.92 Å². The smallest absolute Gasteiger partial charge is 0.0510 e. The zero-order chi connectivity index (χ0) is 11.3. The number of rotatable bonds is 6. The van der Waals surface area contributed by atoms with Crippen LogP contribution in [0.3, 0.4) is 0 Å². The summed E-state index contributed by atoms with van der Waals surface area (Å²) in [4.78, 5) is 0. The van der Waals surface area contributed by atoms with E-state index in [4.69, 9.17) is 4.74 Å². The number of ether oxygens (including phenoxy) is 1. The first-order valence-corrected chi connectivity index (χ1v) is 6.44. The van der Waals surface area contributed by atoms with Crippen molar-refractivity contribution in [3.8, 4) is 0 Å². The SMILES string of the molecule is CCCC(C)(C)NC(CC)C1CCOC1. The minimum Gasteiger partial charge on any atom is -0.381 e. The van der Waals surface area contributed by atoms with Crippen LogP contribution in [0.5, 0.6) is 0 Å². The van der Waals surface area contributed by atoms with Crippen LogP contribution in [0.4, 0.5) is 0 Å². The summed E-state index contributed by atoms with van der Waals surface area (Å²) in [7, 11) is 0. The maximum absolute atomic E-state index is 5.47. The first-order valence-electron chi connectivity index (χ1n) is 6.44. The van der Waals surface area contributed by atoms with Gasteiger partial charge in [-0.15, -0.1) is 0 Å². The lowest BCUT2D eigenvalue weighted by atomic mass is 9.91. The summed E-state index contributed by atoms with van der Waals surface area (Å²) in [6.07, 6.45) is 4.93. The fourth-order valence-electron chi connectivity index (χ4n) is 2.62. The van der Waals surface area contributed by atoms with Crippen molar-refractivity contribution in [3.05, 3.63) is 0 Å². The van der Waals surface area contributed by atoms with E-state index >= 15 is 0 Å². The lowest BCUT2D eigenvalue weighted by Crippen LogP contribution is -2.49. The van der Waals surface area contributed by atoms with E-state index in [0.717, 1.165) is 19.1 Å². The highest BCUT2D eigenvalue weighted by Crippen LogP contribution is 2.22. The number of nitrogens with one attached hydrogen (secondary N) is 1. The summed E-state index contributed by atoms with van der Waals surface area (Å²) in [6.45, 7) is 11.1. The second kappa shape index (κ2) is 5.86. The van der Waals surface area contributed by atoms with Gasteiger partial charge in [0, 0.05) is 18.2 Å². The highest BCUT2D eigenvalue weighted by Gasteiger charge is 2.28. The van der Waals surface area contributed by atoms with E-state index in [0.29, 0.717) is 6.04 Å². The molecule has 1 heterocycles. The first kappa shape index (κ1) is 13.0. The van der Waals surface area contributed by atoms with E-state index in [9.17, 15) is 0 Å². The molecule has 15 heavy (non-hydrogen) atoms. The topological polar surface area (TPSA) is 21.3 Å². The summed E-state index contributed by atoms with van der Waals surface area (Å²) < 4.78 is 5.47. The minimum atomic E-state index is 0.276. The predicted octanol–water partition coefficient (Wildman–Crippen LogP) is 2.97. The molecular formula is C13H27NO. The maximum Gasteiger partial charge on any atom is 0.0510 e. The fraction of sp³-hybridized carbons (Fsp3) is 1.00. The van der Waals surface area contributed by atoms with E-state index in [1.54, 1.807) is 0 Å². The molecule has 1 aliphatic rings. The quantitative estimate of drug-likeness (QED) is 0.732. The molecule has 1 rings (SSSR count). The molecule has 1 N–H and O–H groups in total. The average Bonchev–Trinajstić information content (AvgIpc) is 2.67. The van der Waals surface area contributed by atoms with Crippen LogP contribution in [0.15, 0.2) is 0 Å². The van der Waals surface area contributed by atoms with Crippen molar-refractivity contribution in [1.29, 1.82) is 0 Å². The zero-order valence-corrected chi connectivity index (χ0v) is 10.8. The van der Waals surface area contributed by atoms with Gasteiger partial charge in [0.1, 0.15) is 0 Å². The standard InChI is InChI=1S/C13H27NO/c1-5-8-13(3,4)14-12(6-2)11-7-9-15-10-11/h11-12,14H,5-10H2,1-4H3. The molecule has 0 aliphatic carbocycles. The van der Waals surface area contributed by atoms with Gasteiger partial charge < -0.3 is 10.1 Å². The van der Waals surface area contributed by atoms with Gasteiger partial charge in [0.2, 0.25) is 0 Å². The van der Waals surface area contributed by atoms with Crippen molar-refractivity contribution in [3.63, 3.8) is 0 Å². The molecule has 0 spiro atoms. The van der Waals surface area contributed by atoms with Gasteiger partial charge in [0.15, 0.2) is 0 Å². The average molecular weight is 213 g/mol. The summed E-state index contributed by atoms with van der Waals surface area (Å²) >= 11 is 0. The molecule has 0 bridgehead atoms. The second-order valence-electron chi connectivity index (χ2n) is 5.42. The molecule has 0 radical (unpaired) electrons. The molecule has 0 saturated carbocycles. The van der Waals surface area contributed by atoms with Gasteiger partial charge in [-0.1, -0.05) is 20.3 Å². The third-order valence-electron chi connectivity index (χ3n) is 3.42. The molecule has 0 aromatic heterocycles. The number of hydrogen-bond donors (Lipinski definition) is 1. The third kappa shape index (κ3) is 4.12. The van der Waals surface area contributed by atoms with Crippen molar-refractivity contribution < 1.29 is 4.74 Å². The van der Waals surface area contributed by atoms with E-state index in [1.807, 2.05) is 0 Å². The number of hydrogen-bond acceptors (Lipinski definition) is 2. The molecular weight excluding hydrogens is 186 g/mol. The largest absolute Gasteiger partial charge is 0.381 e. The lowest BCUT2D eigenvalue weighted by molar-refractivity contribution is 0.167. The third-order valence-corrected chi connectivity index (χ3v) is 3.42. The van der Waals surface area contributed by atoms with E-state index in [-0.39, 0.29) is 5.54 Å². The van der Waals surface area contributed by atoms with Crippen molar-refractivity contribution in [1.82, 2.24) is 5.32 Å². The van der Waals surface area contributed by atoms with Crippen LogP contribution in [-0.2, 0) is 4.74 Å². The molecule has 90 valence electrons. The summed E-state index contributed by atoms with van der Waals surface area (Å²) in [5, 5.41) is 3.81. The van der Waals surface area contributed by atoms with Crippen LogP contribution in [0.25, 0.3) is 0 Å². The Morgan fingerprint density at radius 1 is 1.40 bits per heavy atom. The maximum atomic E-state index is 5.47. The minimum absolute atomic E-state index is 0.276. The highest BCUT2D eigenvalue weighted by atomic mass is 16.5. The molecule has 2 heteroatoms. The van der Waals surface area contributed by atoms with E-state index < -0.39 is 0 Å². The van der Waals surface area contributed by atoms with Gasteiger partial charge in [-0.25, -0.2) is 0 Å². The van der Waals surface area contributed by atoms with Gasteiger partial charge in [0.25, 0.3) is 0 Å². The summed E-state index contributed by atoms with van der Waals surface area (Å²) in [6, 6.07) is 0.633. The van der Waals surface area contributed by atoms with E-state index in [2.05, 4.69) is 33.0 Å². The molecule has 1 fully saturated rings. The van der Waals surface area contributed by atoms with Crippen molar-refractivity contribution in [2.75, 3.05) is 13.2 Å². The first-order chi connectivity index (χ1) is 7.09. The molecule has 2 unspecified atom stereocenters. The van der Waals surface area contributed by atoms with Gasteiger partial charge in [-0.2, -0.15) is 0 Å². The van der Waals surface area contributed by atoms with E-state index in [1.165, 1.54) is 25.7 Å². The monoisotopic (exact) mass is 213 g/mol. The summed E-state index contributed by atoms with van der Waals surface area (Å²) in [5.74, 6) is 0.728. The van der Waals surface area contributed by atoms with Crippen molar-refractivity contribution in [2.45, 2.75) is 65.0 Å². The Kier molecular flexibility index (Phi) is 5.07. The van der Waals surface area contributed by atoms with Gasteiger partial charge >= 0.3 is 0 Å². The molecule has 0 amide bonds.